The number of hydrogen-bond donors (Lipinski definition) is 1. The molecule has 0 radical (unpaired) electrons. The van der Waals surface area contributed by atoms with E-state index in [0.717, 1.165) is 22.6 Å². The lowest BCUT2D eigenvalue weighted by Gasteiger charge is -2.19. The van der Waals surface area contributed by atoms with Crippen LogP contribution in [-0.2, 0) is 6.54 Å². The molecule has 0 amide bonds. The molecule has 3 rings (SSSR count). The van der Waals surface area contributed by atoms with Crippen molar-refractivity contribution in [2.75, 3.05) is 24.3 Å². The van der Waals surface area contributed by atoms with Crippen LogP contribution in [0.2, 0.25) is 0 Å². The number of anilines is 2. The van der Waals surface area contributed by atoms with Crippen LogP contribution in [0, 0.1) is 0 Å². The van der Waals surface area contributed by atoms with Crippen molar-refractivity contribution in [1.29, 1.82) is 0 Å². The third-order valence-corrected chi connectivity index (χ3v) is 4.42. The Morgan fingerprint density at radius 1 is 1.14 bits per heavy atom. The van der Waals surface area contributed by atoms with Crippen LogP contribution in [0.15, 0.2) is 46.9 Å². The third-order valence-electron chi connectivity index (χ3n) is 3.92. The predicted octanol–water partition coefficient (Wildman–Crippen LogP) is 5.00. The van der Waals surface area contributed by atoms with Gasteiger partial charge in [0.15, 0.2) is 0 Å². The average molecular weight is 345 g/mol. The first-order valence-corrected chi connectivity index (χ1v) is 8.22. The smallest absolute Gasteiger partial charge is 0.0597 e. The molecule has 0 bridgehead atoms. The molecule has 0 spiro atoms. The van der Waals surface area contributed by atoms with Crippen molar-refractivity contribution in [3.8, 4) is 0 Å². The standard InChI is InChI=1S/C18H21BrN2/c1-21(2)18-9-8-16(19)11-17(18)20-12-13-4-3-5-15(10-13)14-6-7-14/h3-5,8-11,14,20H,6-7,12H2,1-2H3. The normalized spacial score (nSPS) is 14.0. The van der Waals surface area contributed by atoms with E-state index in [9.17, 15) is 0 Å². The summed E-state index contributed by atoms with van der Waals surface area (Å²) in [6.07, 6.45) is 2.71. The second kappa shape index (κ2) is 6.10. The minimum Gasteiger partial charge on any atom is -0.379 e. The molecule has 1 aliphatic carbocycles. The van der Waals surface area contributed by atoms with E-state index in [1.165, 1.54) is 29.7 Å². The van der Waals surface area contributed by atoms with E-state index < -0.39 is 0 Å². The van der Waals surface area contributed by atoms with E-state index in [1.807, 2.05) is 0 Å². The van der Waals surface area contributed by atoms with Crippen LogP contribution >= 0.6 is 15.9 Å². The van der Waals surface area contributed by atoms with E-state index in [-0.39, 0.29) is 0 Å². The molecule has 1 fully saturated rings. The van der Waals surface area contributed by atoms with Crippen LogP contribution in [0.3, 0.4) is 0 Å². The van der Waals surface area contributed by atoms with E-state index in [1.54, 1.807) is 0 Å². The first kappa shape index (κ1) is 14.5. The zero-order chi connectivity index (χ0) is 14.8. The number of halogens is 1. The lowest BCUT2D eigenvalue weighted by atomic mass is 10.1. The van der Waals surface area contributed by atoms with Crippen LogP contribution in [0.25, 0.3) is 0 Å². The maximum absolute atomic E-state index is 3.57. The monoisotopic (exact) mass is 344 g/mol. The van der Waals surface area contributed by atoms with Crippen molar-refractivity contribution in [2.24, 2.45) is 0 Å². The summed E-state index contributed by atoms with van der Waals surface area (Å²) in [6.45, 7) is 0.859. The first-order valence-electron chi connectivity index (χ1n) is 7.43. The highest BCUT2D eigenvalue weighted by molar-refractivity contribution is 9.10. The van der Waals surface area contributed by atoms with Gasteiger partial charge < -0.3 is 10.2 Å². The maximum atomic E-state index is 3.57. The minimum absolute atomic E-state index is 0.813. The Hall–Kier alpha value is -1.48. The highest BCUT2D eigenvalue weighted by atomic mass is 79.9. The van der Waals surface area contributed by atoms with Crippen molar-refractivity contribution >= 4 is 27.3 Å². The summed E-state index contributed by atoms with van der Waals surface area (Å²) in [5, 5.41) is 3.57. The average Bonchev–Trinajstić information content (AvgIpc) is 3.30. The van der Waals surface area contributed by atoms with Gasteiger partial charge in [0.25, 0.3) is 0 Å². The van der Waals surface area contributed by atoms with Crippen LogP contribution < -0.4 is 10.2 Å². The zero-order valence-electron chi connectivity index (χ0n) is 12.6. The number of rotatable bonds is 5. The van der Waals surface area contributed by atoms with Crippen molar-refractivity contribution in [2.45, 2.75) is 25.3 Å². The summed E-state index contributed by atoms with van der Waals surface area (Å²) in [6, 6.07) is 15.3. The van der Waals surface area contributed by atoms with Gasteiger partial charge in [0.1, 0.15) is 0 Å². The van der Waals surface area contributed by atoms with Crippen molar-refractivity contribution in [3.05, 3.63) is 58.1 Å². The largest absolute Gasteiger partial charge is 0.379 e. The maximum Gasteiger partial charge on any atom is 0.0597 e. The molecular formula is C18H21BrN2. The number of nitrogens with zero attached hydrogens (tertiary/aromatic N) is 1. The highest BCUT2D eigenvalue weighted by Gasteiger charge is 2.23. The highest BCUT2D eigenvalue weighted by Crippen LogP contribution is 2.40. The van der Waals surface area contributed by atoms with Gasteiger partial charge in [-0.1, -0.05) is 40.2 Å². The molecule has 2 aromatic carbocycles. The van der Waals surface area contributed by atoms with Gasteiger partial charge in [-0.2, -0.15) is 0 Å². The van der Waals surface area contributed by atoms with E-state index in [4.69, 9.17) is 0 Å². The number of hydrogen-bond acceptors (Lipinski definition) is 2. The molecule has 21 heavy (non-hydrogen) atoms. The Bertz CT molecular complexity index is 633. The van der Waals surface area contributed by atoms with Crippen LogP contribution in [0.1, 0.15) is 29.9 Å². The summed E-state index contributed by atoms with van der Waals surface area (Å²) < 4.78 is 1.10. The predicted molar refractivity (Wildman–Crippen MR) is 94.2 cm³/mol. The second-order valence-corrected chi connectivity index (χ2v) is 6.84. The summed E-state index contributed by atoms with van der Waals surface area (Å²) in [7, 11) is 4.14. The van der Waals surface area contributed by atoms with Gasteiger partial charge in [0.2, 0.25) is 0 Å². The van der Waals surface area contributed by atoms with E-state index >= 15 is 0 Å². The van der Waals surface area contributed by atoms with Gasteiger partial charge in [0.05, 0.1) is 11.4 Å². The Labute approximate surface area is 135 Å². The fraction of sp³-hybridized carbons (Fsp3) is 0.333. The molecule has 1 N–H and O–H groups in total. The lowest BCUT2D eigenvalue weighted by Crippen LogP contribution is -2.12. The minimum atomic E-state index is 0.813. The van der Waals surface area contributed by atoms with Gasteiger partial charge in [-0.3, -0.25) is 0 Å². The lowest BCUT2D eigenvalue weighted by molar-refractivity contribution is 1.07. The van der Waals surface area contributed by atoms with Gasteiger partial charge >= 0.3 is 0 Å². The molecule has 1 aliphatic rings. The Morgan fingerprint density at radius 3 is 2.67 bits per heavy atom. The van der Waals surface area contributed by atoms with Gasteiger partial charge in [-0.25, -0.2) is 0 Å². The van der Waals surface area contributed by atoms with E-state index in [2.05, 4.69) is 82.7 Å². The van der Waals surface area contributed by atoms with Crippen LogP contribution in [-0.4, -0.2) is 14.1 Å². The Morgan fingerprint density at radius 2 is 1.95 bits per heavy atom. The van der Waals surface area contributed by atoms with Gasteiger partial charge in [-0.05, 0) is 48.1 Å². The summed E-state index contributed by atoms with van der Waals surface area (Å²) in [5.74, 6) is 0.813. The molecule has 110 valence electrons. The molecule has 2 aromatic rings. The SMILES string of the molecule is CN(C)c1ccc(Br)cc1NCc1cccc(C2CC2)c1. The fourth-order valence-electron chi connectivity index (χ4n) is 2.61. The molecule has 0 atom stereocenters. The molecule has 3 heteroatoms. The molecule has 0 heterocycles. The van der Waals surface area contributed by atoms with Gasteiger partial charge in [-0.15, -0.1) is 0 Å². The van der Waals surface area contributed by atoms with Crippen LogP contribution in [0.4, 0.5) is 11.4 Å². The zero-order valence-corrected chi connectivity index (χ0v) is 14.2. The van der Waals surface area contributed by atoms with Crippen molar-refractivity contribution in [3.63, 3.8) is 0 Å². The quantitative estimate of drug-likeness (QED) is 0.820. The topological polar surface area (TPSA) is 15.3 Å². The van der Waals surface area contributed by atoms with E-state index in [0.29, 0.717) is 0 Å². The van der Waals surface area contributed by atoms with Crippen molar-refractivity contribution in [1.82, 2.24) is 0 Å². The molecule has 0 saturated heterocycles. The number of benzene rings is 2. The molecule has 0 unspecified atom stereocenters. The first-order chi connectivity index (χ1) is 10.1. The molecule has 0 aliphatic heterocycles. The molecule has 2 nitrogen and oxygen atoms in total. The van der Waals surface area contributed by atoms with Crippen molar-refractivity contribution < 1.29 is 0 Å². The summed E-state index contributed by atoms with van der Waals surface area (Å²) in [5.41, 5.74) is 5.21. The Kier molecular flexibility index (Phi) is 4.20. The van der Waals surface area contributed by atoms with Gasteiger partial charge in [0, 0.05) is 25.1 Å². The summed E-state index contributed by atoms with van der Waals surface area (Å²) >= 11 is 3.55. The van der Waals surface area contributed by atoms with Crippen LogP contribution in [0.5, 0.6) is 0 Å². The molecule has 1 saturated carbocycles. The molecule has 0 aromatic heterocycles. The summed E-state index contributed by atoms with van der Waals surface area (Å²) in [4.78, 5) is 2.13. The third kappa shape index (κ3) is 3.59. The Balaban J connectivity index is 1.75. The fourth-order valence-corrected chi connectivity index (χ4v) is 2.97. The second-order valence-electron chi connectivity index (χ2n) is 5.93. The number of nitrogens with one attached hydrogen (secondary N) is 1. The molecular weight excluding hydrogens is 324 g/mol.